The van der Waals surface area contributed by atoms with Gasteiger partial charge in [-0.2, -0.15) is 0 Å². The molecule has 0 saturated carbocycles. The lowest BCUT2D eigenvalue weighted by Gasteiger charge is -2.36. The van der Waals surface area contributed by atoms with Crippen molar-refractivity contribution in [1.29, 1.82) is 0 Å². The molecule has 2 heterocycles. The molecule has 1 aromatic rings. The fourth-order valence-electron chi connectivity index (χ4n) is 3.43. The van der Waals surface area contributed by atoms with Gasteiger partial charge in [-0.3, -0.25) is 14.5 Å². The van der Waals surface area contributed by atoms with E-state index in [1.807, 2.05) is 4.90 Å². The predicted octanol–water partition coefficient (Wildman–Crippen LogP) is 0.0237. The monoisotopic (exact) mass is 393 g/mol. The Balaban J connectivity index is 1.64. The summed E-state index contributed by atoms with van der Waals surface area (Å²) in [6.45, 7) is 2.18. The molecule has 2 aliphatic rings. The Morgan fingerprint density at radius 1 is 1.21 bits per heavy atom. The van der Waals surface area contributed by atoms with E-state index < -0.39 is 23.9 Å². The Labute approximate surface area is 162 Å². The SMILES string of the molecule is NCC(=O)N1CCN(c2ccc(N3CC(CCC(N)=O)OC3=O)cc2F)CC1. The van der Waals surface area contributed by atoms with E-state index in [-0.39, 0.29) is 25.4 Å². The van der Waals surface area contributed by atoms with Gasteiger partial charge in [0.25, 0.3) is 0 Å². The van der Waals surface area contributed by atoms with Gasteiger partial charge in [0.1, 0.15) is 11.9 Å². The van der Waals surface area contributed by atoms with Crippen LogP contribution in [0.5, 0.6) is 0 Å². The quantitative estimate of drug-likeness (QED) is 0.703. The third kappa shape index (κ3) is 4.33. The van der Waals surface area contributed by atoms with E-state index in [1.54, 1.807) is 17.0 Å². The molecule has 3 amide bonds. The zero-order valence-electron chi connectivity index (χ0n) is 15.5. The summed E-state index contributed by atoms with van der Waals surface area (Å²) in [6, 6.07) is 4.58. The van der Waals surface area contributed by atoms with Gasteiger partial charge in [0.2, 0.25) is 11.8 Å². The van der Waals surface area contributed by atoms with Crippen molar-refractivity contribution in [2.45, 2.75) is 18.9 Å². The summed E-state index contributed by atoms with van der Waals surface area (Å²) in [7, 11) is 0. The zero-order chi connectivity index (χ0) is 20.3. The van der Waals surface area contributed by atoms with Crippen molar-refractivity contribution in [3.05, 3.63) is 24.0 Å². The summed E-state index contributed by atoms with van der Waals surface area (Å²) < 4.78 is 19.9. The van der Waals surface area contributed by atoms with Crippen LogP contribution in [0.15, 0.2) is 18.2 Å². The number of carbonyl (C=O) groups is 3. The molecule has 2 aliphatic heterocycles. The summed E-state index contributed by atoms with van der Waals surface area (Å²) in [4.78, 5) is 39.5. The molecule has 28 heavy (non-hydrogen) atoms. The van der Waals surface area contributed by atoms with Gasteiger partial charge in [-0.25, -0.2) is 9.18 Å². The number of benzene rings is 1. The molecule has 0 aliphatic carbocycles. The van der Waals surface area contributed by atoms with Gasteiger partial charge >= 0.3 is 6.09 Å². The third-order valence-electron chi connectivity index (χ3n) is 4.98. The average molecular weight is 393 g/mol. The van der Waals surface area contributed by atoms with Crippen molar-refractivity contribution < 1.29 is 23.5 Å². The zero-order valence-corrected chi connectivity index (χ0v) is 15.5. The van der Waals surface area contributed by atoms with E-state index in [9.17, 15) is 18.8 Å². The molecule has 1 unspecified atom stereocenters. The van der Waals surface area contributed by atoms with Crippen LogP contribution >= 0.6 is 0 Å². The van der Waals surface area contributed by atoms with Crippen LogP contribution in [-0.4, -0.2) is 68.2 Å². The Morgan fingerprint density at radius 2 is 1.93 bits per heavy atom. The van der Waals surface area contributed by atoms with E-state index in [0.717, 1.165) is 0 Å². The number of nitrogens with two attached hydrogens (primary N) is 2. The van der Waals surface area contributed by atoms with Crippen molar-refractivity contribution in [2.75, 3.05) is 49.1 Å². The van der Waals surface area contributed by atoms with Gasteiger partial charge in [0.05, 0.1) is 24.5 Å². The number of carbonyl (C=O) groups excluding carboxylic acids is 3. The van der Waals surface area contributed by atoms with Crippen molar-refractivity contribution in [2.24, 2.45) is 11.5 Å². The largest absolute Gasteiger partial charge is 0.444 e. The summed E-state index contributed by atoms with van der Waals surface area (Å²) >= 11 is 0. The first-order valence-corrected chi connectivity index (χ1v) is 9.18. The minimum absolute atomic E-state index is 0.0323. The molecule has 10 heteroatoms. The van der Waals surface area contributed by atoms with Crippen LogP contribution in [0, 0.1) is 5.82 Å². The molecule has 4 N–H and O–H groups in total. The smallest absolute Gasteiger partial charge is 0.414 e. The van der Waals surface area contributed by atoms with Crippen LogP contribution in [0.1, 0.15) is 12.8 Å². The van der Waals surface area contributed by atoms with Crippen LogP contribution in [0.2, 0.25) is 0 Å². The van der Waals surface area contributed by atoms with Gasteiger partial charge in [-0.15, -0.1) is 0 Å². The third-order valence-corrected chi connectivity index (χ3v) is 4.98. The van der Waals surface area contributed by atoms with E-state index in [0.29, 0.717) is 44.0 Å². The van der Waals surface area contributed by atoms with E-state index in [1.165, 1.54) is 11.0 Å². The Bertz CT molecular complexity index is 766. The lowest BCUT2D eigenvalue weighted by Crippen LogP contribution is -2.50. The molecule has 0 bridgehead atoms. The van der Waals surface area contributed by atoms with Crippen molar-refractivity contribution in [3.8, 4) is 0 Å². The predicted molar refractivity (Wildman–Crippen MR) is 100 cm³/mol. The first kappa shape index (κ1) is 19.9. The standard InChI is InChI=1S/C18H24FN5O4/c19-14-9-12(24-11-13(28-18(24)27)2-4-16(21)25)1-3-15(14)22-5-7-23(8-6-22)17(26)10-20/h1,3,9,13H,2,4-8,10-11,20H2,(H2,21,25). The minimum Gasteiger partial charge on any atom is -0.444 e. The summed E-state index contributed by atoms with van der Waals surface area (Å²) in [6.07, 6.45) is -0.562. The van der Waals surface area contributed by atoms with Crippen LogP contribution in [-0.2, 0) is 14.3 Å². The second kappa shape index (κ2) is 8.42. The number of rotatable bonds is 6. The second-order valence-corrected chi connectivity index (χ2v) is 6.83. The maximum Gasteiger partial charge on any atom is 0.414 e. The number of hydrogen-bond acceptors (Lipinski definition) is 6. The van der Waals surface area contributed by atoms with Crippen molar-refractivity contribution >= 4 is 29.3 Å². The molecule has 3 rings (SSSR count). The van der Waals surface area contributed by atoms with Crippen LogP contribution < -0.4 is 21.3 Å². The molecule has 0 aromatic heterocycles. The molecular weight excluding hydrogens is 369 g/mol. The molecule has 9 nitrogen and oxygen atoms in total. The number of piperazine rings is 1. The van der Waals surface area contributed by atoms with Crippen molar-refractivity contribution in [1.82, 2.24) is 4.90 Å². The maximum absolute atomic E-state index is 14.7. The number of hydrogen-bond donors (Lipinski definition) is 2. The molecule has 1 aromatic carbocycles. The fourth-order valence-corrected chi connectivity index (χ4v) is 3.43. The number of primary amides is 1. The van der Waals surface area contributed by atoms with E-state index in [2.05, 4.69) is 0 Å². The van der Waals surface area contributed by atoms with E-state index in [4.69, 9.17) is 16.2 Å². The summed E-state index contributed by atoms with van der Waals surface area (Å²) in [5.74, 6) is -1.03. The van der Waals surface area contributed by atoms with Gasteiger partial charge in [-0.1, -0.05) is 0 Å². The molecule has 2 saturated heterocycles. The van der Waals surface area contributed by atoms with Gasteiger partial charge in [0, 0.05) is 32.6 Å². The molecule has 0 spiro atoms. The highest BCUT2D eigenvalue weighted by Gasteiger charge is 2.33. The number of amides is 3. The second-order valence-electron chi connectivity index (χ2n) is 6.83. The molecule has 0 radical (unpaired) electrons. The Morgan fingerprint density at radius 3 is 2.54 bits per heavy atom. The van der Waals surface area contributed by atoms with Crippen molar-refractivity contribution in [3.63, 3.8) is 0 Å². The van der Waals surface area contributed by atoms with Gasteiger partial charge in [0.15, 0.2) is 0 Å². The topological polar surface area (TPSA) is 122 Å². The lowest BCUT2D eigenvalue weighted by atomic mass is 10.1. The average Bonchev–Trinajstić information content (AvgIpc) is 3.06. The number of ether oxygens (including phenoxy) is 1. The van der Waals surface area contributed by atoms with Crippen LogP contribution in [0.25, 0.3) is 0 Å². The minimum atomic E-state index is -0.574. The summed E-state index contributed by atoms with van der Waals surface area (Å²) in [5, 5.41) is 0. The highest BCUT2D eigenvalue weighted by atomic mass is 19.1. The fraction of sp³-hybridized carbons (Fsp3) is 0.500. The normalized spacial score (nSPS) is 19.7. The van der Waals surface area contributed by atoms with Gasteiger partial charge < -0.3 is 26.0 Å². The lowest BCUT2D eigenvalue weighted by molar-refractivity contribution is -0.130. The maximum atomic E-state index is 14.7. The first-order chi connectivity index (χ1) is 13.4. The molecular formula is C18H24FN5O4. The Kier molecular flexibility index (Phi) is 5.98. The Hall–Kier alpha value is -2.88. The first-order valence-electron chi connectivity index (χ1n) is 9.18. The molecule has 2 fully saturated rings. The number of cyclic esters (lactones) is 1. The number of anilines is 2. The van der Waals surface area contributed by atoms with Crippen LogP contribution in [0.4, 0.5) is 20.6 Å². The molecule has 1 atom stereocenters. The summed E-state index contributed by atoms with van der Waals surface area (Å²) in [5.41, 5.74) is 11.3. The molecule has 152 valence electrons. The van der Waals surface area contributed by atoms with E-state index >= 15 is 0 Å². The highest BCUT2D eigenvalue weighted by Crippen LogP contribution is 2.29. The van der Waals surface area contributed by atoms with Gasteiger partial charge in [-0.05, 0) is 24.6 Å². The number of halogens is 1. The highest BCUT2D eigenvalue weighted by molar-refractivity contribution is 5.90. The number of nitrogens with zero attached hydrogens (tertiary/aromatic N) is 3. The van der Waals surface area contributed by atoms with Crippen LogP contribution in [0.3, 0.4) is 0 Å².